The molecule has 1 heterocycles. The smallest absolute Gasteiger partial charge is 0.392 e. The molecule has 0 saturated carbocycles. The Kier molecular flexibility index (Phi) is 2.70. The third-order valence-electron chi connectivity index (χ3n) is 1.88. The maximum Gasteiger partial charge on any atom is 0.434 e. The molecule has 2 aromatic rings. The van der Waals surface area contributed by atoms with Gasteiger partial charge in [-0.25, -0.2) is 0 Å². The van der Waals surface area contributed by atoms with Gasteiger partial charge in [-0.2, -0.15) is 0 Å². The van der Waals surface area contributed by atoms with E-state index in [0.717, 1.165) is 5.56 Å². The Morgan fingerprint density at radius 2 is 1.81 bits per heavy atom. The average molecular weight is 213 g/mol. The van der Waals surface area contributed by atoms with Crippen LogP contribution in [0.5, 0.6) is 0 Å². The minimum Gasteiger partial charge on any atom is -0.392 e. The number of hydrogen-bond acceptors (Lipinski definition) is 3. The van der Waals surface area contributed by atoms with E-state index in [4.69, 9.17) is 4.42 Å². The predicted molar refractivity (Wildman–Crippen MR) is 57.8 cm³/mol. The molecule has 0 saturated heterocycles. The highest BCUT2D eigenvalue weighted by molar-refractivity contribution is 5.40. The van der Waals surface area contributed by atoms with Crippen molar-refractivity contribution in [3.05, 3.63) is 63.9 Å². The molecule has 0 atom stereocenters. The monoisotopic (exact) mass is 213 g/mol. The molecule has 0 aliphatic heterocycles. The molecule has 2 rings (SSSR count). The summed E-state index contributed by atoms with van der Waals surface area (Å²) in [5, 5.41) is 10.4. The maximum atomic E-state index is 10.4. The average Bonchev–Trinajstić information content (AvgIpc) is 2.76. The van der Waals surface area contributed by atoms with Gasteiger partial charge in [-0.3, -0.25) is 10.1 Å². The van der Waals surface area contributed by atoms with Crippen LogP contribution in [-0.2, 0) is 0 Å². The summed E-state index contributed by atoms with van der Waals surface area (Å²) in [6, 6.07) is 12.1. The lowest BCUT2D eigenvalue weighted by molar-refractivity contribution is -0.402. The summed E-state index contributed by atoms with van der Waals surface area (Å²) in [6.45, 7) is 0. The number of hydrogen-bond donors (Lipinski definition) is 0. The zero-order valence-electron chi connectivity index (χ0n) is 8.21. The van der Waals surface area contributed by atoms with Crippen LogP contribution in [0.15, 0.2) is 46.9 Å². The second-order valence-electron chi connectivity index (χ2n) is 3.01. The van der Waals surface area contributed by atoms with Crippen molar-refractivity contribution >= 4 is 5.88 Å². The molecule has 78 valence electrons. The fourth-order valence-corrected chi connectivity index (χ4v) is 1.15. The Morgan fingerprint density at radius 1 is 1.06 bits per heavy atom. The van der Waals surface area contributed by atoms with Crippen LogP contribution in [0, 0.1) is 22.0 Å². The van der Waals surface area contributed by atoms with Gasteiger partial charge in [-0.05, 0) is 18.1 Å². The molecule has 0 spiro atoms. The first kappa shape index (κ1) is 9.99. The van der Waals surface area contributed by atoms with E-state index in [9.17, 15) is 10.1 Å². The molecule has 1 aromatic carbocycles. The standard InChI is InChI=1S/C12H7NO3/c14-13(15)12-9-8-11(16-12)7-6-10-4-2-1-3-5-10/h1-5,8-9H. The van der Waals surface area contributed by atoms with Gasteiger partial charge in [-0.15, -0.1) is 0 Å². The third kappa shape index (κ3) is 2.28. The van der Waals surface area contributed by atoms with Crippen molar-refractivity contribution in [2.75, 3.05) is 0 Å². The minimum absolute atomic E-state index is 0.288. The Bertz CT molecular complexity index is 561. The first-order chi connectivity index (χ1) is 7.75. The lowest BCUT2D eigenvalue weighted by atomic mass is 10.2. The van der Waals surface area contributed by atoms with Gasteiger partial charge in [0.25, 0.3) is 0 Å². The van der Waals surface area contributed by atoms with Gasteiger partial charge in [0.1, 0.15) is 4.92 Å². The third-order valence-corrected chi connectivity index (χ3v) is 1.88. The molecule has 0 fully saturated rings. The van der Waals surface area contributed by atoms with E-state index in [2.05, 4.69) is 11.8 Å². The SMILES string of the molecule is O=[N+]([O-])c1ccc(C#Cc2ccccc2)o1. The van der Waals surface area contributed by atoms with Crippen LogP contribution in [0.25, 0.3) is 0 Å². The molecule has 16 heavy (non-hydrogen) atoms. The predicted octanol–water partition coefficient (Wildman–Crippen LogP) is 2.59. The summed E-state index contributed by atoms with van der Waals surface area (Å²) in [7, 11) is 0. The molecule has 0 N–H and O–H groups in total. The number of benzene rings is 1. The molecule has 0 amide bonds. The number of nitro groups is 1. The molecule has 1 aromatic heterocycles. The van der Waals surface area contributed by atoms with E-state index < -0.39 is 4.92 Å². The molecule has 4 nitrogen and oxygen atoms in total. The van der Waals surface area contributed by atoms with Gasteiger partial charge in [0.15, 0.2) is 5.76 Å². The van der Waals surface area contributed by atoms with E-state index in [1.165, 1.54) is 12.1 Å². The molecule has 0 bridgehead atoms. The van der Waals surface area contributed by atoms with Crippen LogP contribution < -0.4 is 0 Å². The first-order valence-electron chi connectivity index (χ1n) is 4.57. The van der Waals surface area contributed by atoms with Crippen LogP contribution in [0.4, 0.5) is 5.88 Å². The molecular formula is C12H7NO3. The summed E-state index contributed by atoms with van der Waals surface area (Å²) in [4.78, 5) is 9.76. The number of furan rings is 1. The highest BCUT2D eigenvalue weighted by Crippen LogP contribution is 2.14. The Hall–Kier alpha value is -2.54. The van der Waals surface area contributed by atoms with Crippen LogP contribution in [-0.4, -0.2) is 4.92 Å². The fraction of sp³-hybridized carbons (Fsp3) is 0. The van der Waals surface area contributed by atoms with Crippen LogP contribution >= 0.6 is 0 Å². The van der Waals surface area contributed by atoms with Crippen molar-refractivity contribution in [2.45, 2.75) is 0 Å². The minimum atomic E-state index is -0.590. The molecule has 0 radical (unpaired) electrons. The molecule has 0 aliphatic carbocycles. The topological polar surface area (TPSA) is 56.3 Å². The van der Waals surface area contributed by atoms with Gasteiger partial charge in [-0.1, -0.05) is 24.1 Å². The van der Waals surface area contributed by atoms with Gasteiger partial charge in [0, 0.05) is 11.6 Å². The number of nitrogens with zero attached hydrogens (tertiary/aromatic N) is 1. The van der Waals surface area contributed by atoms with E-state index in [1.54, 1.807) is 0 Å². The molecule has 0 unspecified atom stereocenters. The van der Waals surface area contributed by atoms with E-state index in [-0.39, 0.29) is 11.6 Å². The van der Waals surface area contributed by atoms with Crippen LogP contribution in [0.1, 0.15) is 11.3 Å². The van der Waals surface area contributed by atoms with Gasteiger partial charge in [0.05, 0.1) is 6.07 Å². The zero-order valence-corrected chi connectivity index (χ0v) is 8.21. The summed E-state index contributed by atoms with van der Waals surface area (Å²) in [6.07, 6.45) is 0. The number of rotatable bonds is 1. The van der Waals surface area contributed by atoms with Crippen molar-refractivity contribution in [2.24, 2.45) is 0 Å². The van der Waals surface area contributed by atoms with E-state index in [0.29, 0.717) is 0 Å². The fourth-order valence-electron chi connectivity index (χ4n) is 1.15. The maximum absolute atomic E-state index is 10.4. The first-order valence-corrected chi connectivity index (χ1v) is 4.57. The zero-order chi connectivity index (χ0) is 11.4. The van der Waals surface area contributed by atoms with Crippen molar-refractivity contribution < 1.29 is 9.34 Å². The summed E-state index contributed by atoms with van der Waals surface area (Å²) < 4.78 is 4.89. The molecular weight excluding hydrogens is 206 g/mol. The Balaban J connectivity index is 2.21. The molecule has 4 heteroatoms. The van der Waals surface area contributed by atoms with Crippen molar-refractivity contribution in [1.29, 1.82) is 0 Å². The second-order valence-corrected chi connectivity index (χ2v) is 3.01. The van der Waals surface area contributed by atoms with Crippen LogP contribution in [0.2, 0.25) is 0 Å². The van der Waals surface area contributed by atoms with Gasteiger partial charge < -0.3 is 4.42 Å². The van der Waals surface area contributed by atoms with Gasteiger partial charge >= 0.3 is 5.88 Å². The Labute approximate surface area is 91.7 Å². The lowest BCUT2D eigenvalue weighted by Crippen LogP contribution is -1.82. The largest absolute Gasteiger partial charge is 0.434 e. The highest BCUT2D eigenvalue weighted by Gasteiger charge is 2.09. The molecule has 0 aliphatic rings. The van der Waals surface area contributed by atoms with E-state index >= 15 is 0 Å². The van der Waals surface area contributed by atoms with Crippen LogP contribution in [0.3, 0.4) is 0 Å². The second kappa shape index (κ2) is 4.32. The summed E-state index contributed by atoms with van der Waals surface area (Å²) >= 11 is 0. The summed E-state index contributed by atoms with van der Waals surface area (Å²) in [5.41, 5.74) is 0.835. The summed E-state index contributed by atoms with van der Waals surface area (Å²) in [5.74, 6) is 5.56. The normalized spacial score (nSPS) is 9.25. The lowest BCUT2D eigenvalue weighted by Gasteiger charge is -1.85. The van der Waals surface area contributed by atoms with Gasteiger partial charge in [0.2, 0.25) is 0 Å². The Morgan fingerprint density at radius 3 is 2.44 bits per heavy atom. The van der Waals surface area contributed by atoms with Crippen molar-refractivity contribution in [3.63, 3.8) is 0 Å². The highest BCUT2D eigenvalue weighted by atomic mass is 16.6. The van der Waals surface area contributed by atoms with E-state index in [1.807, 2.05) is 30.3 Å². The quantitative estimate of drug-likeness (QED) is 0.415. The van der Waals surface area contributed by atoms with Crippen molar-refractivity contribution in [3.8, 4) is 11.8 Å². The van der Waals surface area contributed by atoms with Crippen molar-refractivity contribution in [1.82, 2.24) is 0 Å².